The molecule has 1 saturated carbocycles. The van der Waals surface area contributed by atoms with E-state index in [0.29, 0.717) is 6.07 Å². The summed E-state index contributed by atoms with van der Waals surface area (Å²) in [5, 5.41) is 8.38. The molecule has 1 aromatic carbocycles. The monoisotopic (exact) mass is 313 g/mol. The van der Waals surface area contributed by atoms with Crippen LogP contribution >= 0.6 is 0 Å². The Labute approximate surface area is 121 Å². The van der Waals surface area contributed by atoms with E-state index in [4.69, 9.17) is 5.11 Å². The largest absolute Gasteiger partial charge is 0.511 e. The number of hydrogen-bond donors (Lipinski definition) is 1. The van der Waals surface area contributed by atoms with E-state index in [1.165, 1.54) is 11.5 Å². The molecule has 22 heavy (non-hydrogen) atoms. The van der Waals surface area contributed by atoms with Crippen molar-refractivity contribution in [1.29, 1.82) is 0 Å². The molecular weight excluding hydrogens is 303 g/mol. The normalized spacial score (nSPS) is 20.2. The van der Waals surface area contributed by atoms with Crippen molar-refractivity contribution < 1.29 is 27.8 Å². The predicted octanol–water partition coefficient (Wildman–Crippen LogP) is 2.93. The van der Waals surface area contributed by atoms with E-state index in [0.717, 1.165) is 6.20 Å². The highest BCUT2D eigenvalue weighted by molar-refractivity contribution is 5.84. The summed E-state index contributed by atoms with van der Waals surface area (Å²) < 4.78 is 46.3. The minimum absolute atomic E-state index is 0.0341. The molecule has 1 heterocycles. The lowest BCUT2D eigenvalue weighted by Crippen LogP contribution is -2.17. The molecule has 5 nitrogen and oxygen atoms in total. The molecule has 2 atom stereocenters. The zero-order valence-electron chi connectivity index (χ0n) is 11.3. The van der Waals surface area contributed by atoms with Gasteiger partial charge in [-0.05, 0) is 13.0 Å². The molecule has 116 valence electrons. The van der Waals surface area contributed by atoms with Gasteiger partial charge in [0.2, 0.25) is 5.43 Å². The third kappa shape index (κ3) is 2.11. The molecule has 1 fully saturated rings. The molecule has 1 aromatic heterocycles. The van der Waals surface area contributed by atoms with Crippen molar-refractivity contribution in [1.82, 2.24) is 4.57 Å². The number of aromatic nitrogens is 1. The summed E-state index contributed by atoms with van der Waals surface area (Å²) in [4.78, 5) is 22.8. The zero-order valence-corrected chi connectivity index (χ0v) is 11.3. The van der Waals surface area contributed by atoms with Crippen LogP contribution < -0.4 is 10.2 Å². The summed E-state index contributed by atoms with van der Waals surface area (Å²) in [5.41, 5.74) is -1.01. The number of carbonyl (C=O) groups is 1. The van der Waals surface area contributed by atoms with E-state index in [1.807, 2.05) is 0 Å². The van der Waals surface area contributed by atoms with Gasteiger partial charge in [-0.25, -0.2) is 18.0 Å². The van der Waals surface area contributed by atoms with Crippen molar-refractivity contribution >= 4 is 17.1 Å². The topological polar surface area (TPSA) is 68.5 Å². The first-order valence-electron chi connectivity index (χ1n) is 6.39. The molecule has 8 heteroatoms. The van der Waals surface area contributed by atoms with Gasteiger partial charge in [-0.3, -0.25) is 4.79 Å². The van der Waals surface area contributed by atoms with Crippen molar-refractivity contribution in [2.45, 2.75) is 25.6 Å². The van der Waals surface area contributed by atoms with Crippen molar-refractivity contribution in [3.8, 4) is 5.75 Å². The maximum atomic E-state index is 13.8. The smallest absolute Gasteiger partial charge is 0.449 e. The summed E-state index contributed by atoms with van der Waals surface area (Å²) in [7, 11) is 0. The van der Waals surface area contributed by atoms with Crippen molar-refractivity contribution in [3.63, 3.8) is 0 Å². The highest BCUT2D eigenvalue weighted by Crippen LogP contribution is 2.41. The van der Waals surface area contributed by atoms with Crippen LogP contribution in [0.4, 0.5) is 18.0 Å². The Kier molecular flexibility index (Phi) is 3.12. The number of carboxylic acid groups (broad SMARTS) is 1. The SMILES string of the molecule is Cc1c(F)c(F)cc2c(=O)c(OC(=O)O)cn([C@@H]3C[C@@H]3F)c12. The van der Waals surface area contributed by atoms with E-state index in [9.17, 15) is 22.8 Å². The van der Waals surface area contributed by atoms with Crippen LogP contribution in [0.2, 0.25) is 0 Å². The molecule has 0 aliphatic heterocycles. The minimum Gasteiger partial charge on any atom is -0.449 e. The van der Waals surface area contributed by atoms with Gasteiger partial charge in [-0.15, -0.1) is 0 Å². The second kappa shape index (κ2) is 4.75. The van der Waals surface area contributed by atoms with Crippen molar-refractivity contribution in [3.05, 3.63) is 39.7 Å². The van der Waals surface area contributed by atoms with Gasteiger partial charge in [0.05, 0.1) is 23.1 Å². The second-order valence-electron chi connectivity index (χ2n) is 5.11. The lowest BCUT2D eigenvalue weighted by atomic mass is 10.1. The molecule has 0 amide bonds. The Bertz CT molecular complexity index is 862. The van der Waals surface area contributed by atoms with E-state index in [2.05, 4.69) is 4.74 Å². The first-order chi connectivity index (χ1) is 10.3. The molecular formula is C14H10F3NO4. The number of ether oxygens (including phenoxy) is 1. The number of pyridine rings is 1. The number of aryl methyl sites for hydroxylation is 1. The first kappa shape index (κ1) is 14.4. The third-order valence-electron chi connectivity index (χ3n) is 3.64. The maximum absolute atomic E-state index is 13.8. The van der Waals surface area contributed by atoms with Gasteiger partial charge < -0.3 is 14.4 Å². The quantitative estimate of drug-likeness (QED) is 0.866. The number of benzene rings is 1. The maximum Gasteiger partial charge on any atom is 0.511 e. The van der Waals surface area contributed by atoms with Crippen LogP contribution in [-0.4, -0.2) is 22.0 Å². The van der Waals surface area contributed by atoms with Crippen molar-refractivity contribution in [2.75, 3.05) is 0 Å². The standard InChI is InChI=1S/C14H10F3NO4/c1-5-11(17)8(16)2-6-12(5)18(9-3-7(9)15)4-10(13(6)19)22-14(20)21/h2,4,7,9H,3H2,1H3,(H,20,21)/t7-,9+/m0/s1. The van der Waals surface area contributed by atoms with Gasteiger partial charge in [-0.1, -0.05) is 0 Å². The second-order valence-corrected chi connectivity index (χ2v) is 5.11. The Balaban J connectivity index is 2.39. The lowest BCUT2D eigenvalue weighted by molar-refractivity contribution is 0.143. The fourth-order valence-corrected chi connectivity index (χ4v) is 2.50. The lowest BCUT2D eigenvalue weighted by Gasteiger charge is -2.14. The summed E-state index contributed by atoms with van der Waals surface area (Å²) in [6.45, 7) is 1.27. The summed E-state index contributed by atoms with van der Waals surface area (Å²) in [6, 6.07) is 0.00342. The summed E-state index contributed by atoms with van der Waals surface area (Å²) >= 11 is 0. The Morgan fingerprint density at radius 3 is 2.64 bits per heavy atom. The molecule has 1 N–H and O–H groups in total. The van der Waals surface area contributed by atoms with Gasteiger partial charge in [0, 0.05) is 12.0 Å². The minimum atomic E-state index is -1.73. The van der Waals surface area contributed by atoms with Crippen LogP contribution in [0, 0.1) is 18.6 Å². The summed E-state index contributed by atoms with van der Waals surface area (Å²) in [5.74, 6) is -2.96. The number of alkyl halides is 1. The Hall–Kier alpha value is -2.51. The van der Waals surface area contributed by atoms with Crippen LogP contribution in [-0.2, 0) is 0 Å². The van der Waals surface area contributed by atoms with E-state index < -0.39 is 41.2 Å². The molecule has 2 aromatic rings. The van der Waals surface area contributed by atoms with Gasteiger partial charge in [0.15, 0.2) is 17.4 Å². The molecule has 1 aliphatic carbocycles. The number of nitrogens with zero attached hydrogens (tertiary/aromatic N) is 1. The molecule has 0 saturated heterocycles. The zero-order chi connectivity index (χ0) is 16.2. The number of hydrogen-bond acceptors (Lipinski definition) is 3. The van der Waals surface area contributed by atoms with Crippen LogP contribution in [0.1, 0.15) is 18.0 Å². The Morgan fingerprint density at radius 1 is 1.45 bits per heavy atom. The number of rotatable bonds is 2. The average Bonchev–Trinajstić information content (AvgIpc) is 3.16. The predicted molar refractivity (Wildman–Crippen MR) is 70.1 cm³/mol. The average molecular weight is 313 g/mol. The molecule has 0 spiro atoms. The highest BCUT2D eigenvalue weighted by atomic mass is 19.2. The van der Waals surface area contributed by atoms with Crippen LogP contribution in [0.25, 0.3) is 10.9 Å². The van der Waals surface area contributed by atoms with Gasteiger partial charge in [-0.2, -0.15) is 0 Å². The van der Waals surface area contributed by atoms with E-state index in [-0.39, 0.29) is 22.9 Å². The molecule has 1 aliphatic rings. The fourth-order valence-electron chi connectivity index (χ4n) is 2.50. The number of fused-ring (bicyclic) bond motifs is 1. The third-order valence-corrected chi connectivity index (χ3v) is 3.64. The highest BCUT2D eigenvalue weighted by Gasteiger charge is 2.40. The first-order valence-corrected chi connectivity index (χ1v) is 6.39. The van der Waals surface area contributed by atoms with Crippen LogP contribution in [0.5, 0.6) is 5.75 Å². The molecule has 0 radical (unpaired) electrons. The molecule has 0 bridgehead atoms. The van der Waals surface area contributed by atoms with E-state index in [1.54, 1.807) is 0 Å². The molecule has 3 rings (SSSR count). The molecule has 0 unspecified atom stereocenters. The van der Waals surface area contributed by atoms with Gasteiger partial charge in [0.25, 0.3) is 0 Å². The van der Waals surface area contributed by atoms with E-state index >= 15 is 0 Å². The van der Waals surface area contributed by atoms with Crippen molar-refractivity contribution in [2.24, 2.45) is 0 Å². The number of halogens is 3. The summed E-state index contributed by atoms with van der Waals surface area (Å²) in [6.07, 6.45) is -1.76. The van der Waals surface area contributed by atoms with Gasteiger partial charge in [0.1, 0.15) is 6.17 Å². The Morgan fingerprint density at radius 2 is 2.09 bits per heavy atom. The van der Waals surface area contributed by atoms with Crippen LogP contribution in [0.15, 0.2) is 17.1 Å². The fraction of sp³-hybridized carbons (Fsp3) is 0.286. The van der Waals surface area contributed by atoms with Gasteiger partial charge >= 0.3 is 6.16 Å². The van der Waals surface area contributed by atoms with Crippen LogP contribution in [0.3, 0.4) is 0 Å².